The Morgan fingerprint density at radius 1 is 1.38 bits per heavy atom. The second-order valence-corrected chi connectivity index (χ2v) is 6.81. The number of nitrogens with zero attached hydrogens (tertiary/aromatic N) is 2. The highest BCUT2D eigenvalue weighted by molar-refractivity contribution is 7.09. The van der Waals surface area contributed by atoms with Crippen LogP contribution in [0.1, 0.15) is 31.6 Å². The molecule has 0 spiro atoms. The summed E-state index contributed by atoms with van der Waals surface area (Å²) in [6.07, 6.45) is 2.13. The van der Waals surface area contributed by atoms with E-state index >= 15 is 0 Å². The number of carbonyl (C=O) groups excluding carboxylic acids is 1. The van der Waals surface area contributed by atoms with Crippen molar-refractivity contribution < 1.29 is 4.79 Å². The zero-order valence-electron chi connectivity index (χ0n) is 13.2. The minimum Gasteiger partial charge on any atom is -0.340 e. The number of hydrogen-bond donors (Lipinski definition) is 1. The molecule has 1 amide bonds. The van der Waals surface area contributed by atoms with Crippen LogP contribution in [0, 0.1) is 0 Å². The number of rotatable bonds is 6. The Morgan fingerprint density at radius 2 is 2.24 bits per heavy atom. The van der Waals surface area contributed by atoms with E-state index in [-0.39, 0.29) is 5.91 Å². The fourth-order valence-electron chi connectivity index (χ4n) is 2.52. The van der Waals surface area contributed by atoms with Crippen LogP contribution in [-0.4, -0.2) is 54.5 Å². The highest BCUT2D eigenvalue weighted by Crippen LogP contribution is 2.13. The van der Waals surface area contributed by atoms with E-state index in [0.717, 1.165) is 45.6 Å². The summed E-state index contributed by atoms with van der Waals surface area (Å²) >= 11 is 1.81. The molecule has 1 aromatic rings. The SMILES string of the molecule is CCC(C)NCC(=O)N1CCCN(Cc2cccs2)CC1. The van der Waals surface area contributed by atoms with Crippen molar-refractivity contribution >= 4 is 17.2 Å². The monoisotopic (exact) mass is 309 g/mol. The van der Waals surface area contributed by atoms with Gasteiger partial charge < -0.3 is 10.2 Å². The highest BCUT2D eigenvalue weighted by Gasteiger charge is 2.19. The van der Waals surface area contributed by atoms with Crippen molar-refractivity contribution in [2.45, 2.75) is 39.3 Å². The van der Waals surface area contributed by atoms with E-state index in [1.165, 1.54) is 4.88 Å². The third kappa shape index (κ3) is 5.41. The van der Waals surface area contributed by atoms with E-state index in [4.69, 9.17) is 0 Å². The Morgan fingerprint density at radius 3 is 2.95 bits per heavy atom. The van der Waals surface area contributed by atoms with Crippen molar-refractivity contribution in [2.75, 3.05) is 32.7 Å². The average Bonchev–Trinajstić information content (AvgIpc) is 2.89. The van der Waals surface area contributed by atoms with Gasteiger partial charge in [-0.1, -0.05) is 13.0 Å². The van der Waals surface area contributed by atoms with Gasteiger partial charge in [0, 0.05) is 43.6 Å². The number of carbonyl (C=O) groups is 1. The first kappa shape index (κ1) is 16.5. The smallest absolute Gasteiger partial charge is 0.236 e. The standard InChI is InChI=1S/C16H27N3OS/c1-3-14(2)17-12-16(20)19-8-5-7-18(9-10-19)13-15-6-4-11-21-15/h4,6,11,14,17H,3,5,7-10,12-13H2,1-2H3. The molecule has 0 aliphatic carbocycles. The van der Waals surface area contributed by atoms with E-state index in [1.807, 2.05) is 16.2 Å². The van der Waals surface area contributed by atoms with Crippen molar-refractivity contribution in [3.05, 3.63) is 22.4 Å². The topological polar surface area (TPSA) is 35.6 Å². The lowest BCUT2D eigenvalue weighted by atomic mass is 10.2. The Labute approximate surface area is 132 Å². The van der Waals surface area contributed by atoms with Crippen LogP contribution < -0.4 is 5.32 Å². The normalized spacial score (nSPS) is 18.5. The van der Waals surface area contributed by atoms with Crippen LogP contribution in [0.3, 0.4) is 0 Å². The molecule has 21 heavy (non-hydrogen) atoms. The van der Waals surface area contributed by atoms with Crippen LogP contribution in [0.15, 0.2) is 17.5 Å². The van der Waals surface area contributed by atoms with Gasteiger partial charge in [0.15, 0.2) is 0 Å². The summed E-state index contributed by atoms with van der Waals surface area (Å²) in [7, 11) is 0. The molecule has 1 unspecified atom stereocenters. The highest BCUT2D eigenvalue weighted by atomic mass is 32.1. The molecule has 1 aromatic heterocycles. The maximum absolute atomic E-state index is 12.2. The average molecular weight is 309 g/mol. The molecule has 2 heterocycles. The van der Waals surface area contributed by atoms with Gasteiger partial charge in [0.25, 0.3) is 0 Å². The zero-order valence-corrected chi connectivity index (χ0v) is 14.0. The van der Waals surface area contributed by atoms with Crippen molar-refractivity contribution in [3.63, 3.8) is 0 Å². The molecule has 5 heteroatoms. The minimum absolute atomic E-state index is 0.244. The van der Waals surface area contributed by atoms with Gasteiger partial charge in [0.05, 0.1) is 6.54 Å². The van der Waals surface area contributed by atoms with Crippen molar-refractivity contribution in [1.29, 1.82) is 0 Å². The lowest BCUT2D eigenvalue weighted by molar-refractivity contribution is -0.130. The fraction of sp³-hybridized carbons (Fsp3) is 0.688. The molecule has 1 N–H and O–H groups in total. The summed E-state index contributed by atoms with van der Waals surface area (Å²) in [4.78, 5) is 18.1. The number of hydrogen-bond acceptors (Lipinski definition) is 4. The molecule has 4 nitrogen and oxygen atoms in total. The van der Waals surface area contributed by atoms with Crippen LogP contribution in [-0.2, 0) is 11.3 Å². The molecule has 0 bridgehead atoms. The van der Waals surface area contributed by atoms with Crippen LogP contribution >= 0.6 is 11.3 Å². The lowest BCUT2D eigenvalue weighted by Crippen LogP contribution is -2.42. The van der Waals surface area contributed by atoms with Gasteiger partial charge in [-0.2, -0.15) is 0 Å². The summed E-state index contributed by atoms with van der Waals surface area (Å²) in [5, 5.41) is 5.42. The number of thiophene rings is 1. The molecular formula is C16H27N3OS. The van der Waals surface area contributed by atoms with Crippen molar-refractivity contribution in [1.82, 2.24) is 15.1 Å². The molecule has 1 aliphatic rings. The number of amides is 1. The van der Waals surface area contributed by atoms with E-state index in [1.54, 1.807) is 0 Å². The van der Waals surface area contributed by atoms with Crippen LogP contribution in [0.2, 0.25) is 0 Å². The van der Waals surface area contributed by atoms with Gasteiger partial charge in [-0.25, -0.2) is 0 Å². The van der Waals surface area contributed by atoms with Crippen molar-refractivity contribution in [2.24, 2.45) is 0 Å². The van der Waals surface area contributed by atoms with Crippen LogP contribution in [0.5, 0.6) is 0 Å². The Bertz CT molecular complexity index is 421. The van der Waals surface area contributed by atoms with Gasteiger partial charge in [0.2, 0.25) is 5.91 Å². The zero-order chi connectivity index (χ0) is 15.1. The summed E-state index contributed by atoms with van der Waals surface area (Å²) < 4.78 is 0. The first-order chi connectivity index (χ1) is 10.2. The second kappa shape index (κ2) is 8.51. The van der Waals surface area contributed by atoms with E-state index < -0.39 is 0 Å². The van der Waals surface area contributed by atoms with Gasteiger partial charge >= 0.3 is 0 Å². The van der Waals surface area contributed by atoms with Crippen molar-refractivity contribution in [3.8, 4) is 0 Å². The first-order valence-corrected chi connectivity index (χ1v) is 8.83. The first-order valence-electron chi connectivity index (χ1n) is 7.95. The van der Waals surface area contributed by atoms with E-state index in [0.29, 0.717) is 12.6 Å². The summed E-state index contributed by atoms with van der Waals surface area (Å²) in [5.41, 5.74) is 0. The van der Waals surface area contributed by atoms with Gasteiger partial charge in [-0.3, -0.25) is 9.69 Å². The number of nitrogens with one attached hydrogen (secondary N) is 1. The van der Waals surface area contributed by atoms with Crippen LogP contribution in [0.4, 0.5) is 0 Å². The largest absolute Gasteiger partial charge is 0.340 e. The van der Waals surface area contributed by atoms with E-state index in [9.17, 15) is 4.79 Å². The summed E-state index contributed by atoms with van der Waals surface area (Å²) in [5.74, 6) is 0.244. The van der Waals surface area contributed by atoms with Gasteiger partial charge in [0.1, 0.15) is 0 Å². The molecule has 118 valence electrons. The Hall–Kier alpha value is -0.910. The lowest BCUT2D eigenvalue weighted by Gasteiger charge is -2.22. The Kier molecular flexibility index (Phi) is 6.67. The second-order valence-electron chi connectivity index (χ2n) is 5.78. The third-order valence-corrected chi connectivity index (χ3v) is 4.98. The molecule has 1 fully saturated rings. The van der Waals surface area contributed by atoms with Crippen LogP contribution in [0.25, 0.3) is 0 Å². The Balaban J connectivity index is 1.76. The van der Waals surface area contributed by atoms with Gasteiger partial charge in [-0.05, 0) is 31.2 Å². The molecule has 2 rings (SSSR count). The molecule has 0 radical (unpaired) electrons. The van der Waals surface area contributed by atoms with Gasteiger partial charge in [-0.15, -0.1) is 11.3 Å². The van der Waals surface area contributed by atoms with E-state index in [2.05, 4.69) is 41.6 Å². The fourth-order valence-corrected chi connectivity index (χ4v) is 3.27. The molecule has 1 atom stereocenters. The molecule has 1 aliphatic heterocycles. The third-order valence-electron chi connectivity index (χ3n) is 4.11. The predicted octanol–water partition coefficient (Wildman–Crippen LogP) is 2.17. The quantitative estimate of drug-likeness (QED) is 0.875. The predicted molar refractivity (Wildman–Crippen MR) is 88.5 cm³/mol. The molecular weight excluding hydrogens is 282 g/mol. The molecule has 1 saturated heterocycles. The molecule has 0 saturated carbocycles. The summed E-state index contributed by atoms with van der Waals surface area (Å²) in [6, 6.07) is 4.71. The molecule has 0 aromatic carbocycles. The summed E-state index contributed by atoms with van der Waals surface area (Å²) in [6.45, 7) is 9.56. The maximum atomic E-state index is 12.2. The maximum Gasteiger partial charge on any atom is 0.236 e. The minimum atomic E-state index is 0.244.